The summed E-state index contributed by atoms with van der Waals surface area (Å²) in [5.41, 5.74) is 8.44. The summed E-state index contributed by atoms with van der Waals surface area (Å²) in [5.74, 6) is -0.215. The lowest BCUT2D eigenvalue weighted by Gasteiger charge is -2.25. The van der Waals surface area contributed by atoms with Crippen LogP contribution in [0, 0.1) is 0 Å². The molecule has 148 valence electrons. The van der Waals surface area contributed by atoms with Crippen LogP contribution >= 0.6 is 16.3 Å². The number of carbonyl (C=O) groups excluding carboxylic acids is 2. The Balaban J connectivity index is 4.13. The van der Waals surface area contributed by atoms with Gasteiger partial charge in [0.05, 0.1) is 11.2 Å². The smallest absolute Gasteiger partial charge is 0.338 e. The molecule has 2 atom stereocenters. The molecule has 25 heavy (non-hydrogen) atoms. The van der Waals surface area contributed by atoms with E-state index in [0.29, 0.717) is 6.42 Å². The van der Waals surface area contributed by atoms with E-state index in [1.165, 1.54) is 0 Å². The van der Waals surface area contributed by atoms with Crippen LogP contribution in [0.3, 0.4) is 0 Å². The largest absolute Gasteiger partial charge is 0.400 e. The Bertz CT molecular complexity index is 503. The average Bonchev–Trinajstić information content (AvgIpc) is 2.36. The highest BCUT2D eigenvalue weighted by Crippen LogP contribution is 2.39. The molecule has 2 unspecified atom stereocenters. The molecule has 0 saturated heterocycles. The number of hydrogen-bond donors (Lipinski definition) is 4. The molecule has 0 aliphatic heterocycles. The first kappa shape index (κ1) is 24.8. The van der Waals surface area contributed by atoms with E-state index in [1.54, 1.807) is 27.7 Å². The van der Waals surface area contributed by atoms with E-state index in [0.717, 1.165) is 0 Å². The van der Waals surface area contributed by atoms with Gasteiger partial charge in [-0.05, 0) is 40.5 Å². The van der Waals surface area contributed by atoms with Gasteiger partial charge < -0.3 is 14.3 Å². The van der Waals surface area contributed by atoms with Crippen LogP contribution < -0.4 is 11.0 Å². The summed E-state index contributed by atoms with van der Waals surface area (Å²) in [7, 11) is -6.10. The van der Waals surface area contributed by atoms with Crippen LogP contribution in [0.25, 0.3) is 0 Å². The summed E-state index contributed by atoms with van der Waals surface area (Å²) in [4.78, 5) is 41.8. The molecule has 0 aliphatic rings. The van der Waals surface area contributed by atoms with Crippen molar-refractivity contribution in [3.8, 4) is 0 Å². The van der Waals surface area contributed by atoms with Crippen molar-refractivity contribution in [2.75, 3.05) is 0 Å². The van der Waals surface area contributed by atoms with Gasteiger partial charge >= 0.3 is 7.75 Å². The fourth-order valence-corrected chi connectivity index (χ4v) is 3.51. The Morgan fingerprint density at radius 2 is 1.40 bits per heavy atom. The molecule has 0 aromatic rings. The van der Waals surface area contributed by atoms with Gasteiger partial charge in [0.15, 0.2) is 0 Å². The minimum Gasteiger partial charge on any atom is -0.338 e. The molecule has 0 aromatic carbocycles. The molecule has 0 amide bonds. The standard InChI is InChI=1S/C14H30N2O7P2/c1-13(2,22-24(15)19)9-7-11(17)5-6-12(18)8-10-14(3,4)23-25(16,20)21/h19H,5-10,15H2,1-4H3,(H3,16,20,21). The number of rotatable bonds is 13. The number of carbonyl (C=O) groups is 2. The monoisotopic (exact) mass is 400 g/mol. The molecule has 0 aromatic heterocycles. The fourth-order valence-electron chi connectivity index (χ4n) is 2.11. The lowest BCUT2D eigenvalue weighted by molar-refractivity contribution is -0.125. The Labute approximate surface area is 150 Å². The van der Waals surface area contributed by atoms with Gasteiger partial charge in [-0.25, -0.2) is 10.1 Å². The van der Waals surface area contributed by atoms with E-state index in [2.05, 4.69) is 0 Å². The zero-order valence-electron chi connectivity index (χ0n) is 15.2. The first-order chi connectivity index (χ1) is 11.1. The fraction of sp³-hybridized carbons (Fsp3) is 0.857. The molecule has 9 nitrogen and oxygen atoms in total. The van der Waals surface area contributed by atoms with Crippen LogP contribution in [0.15, 0.2) is 0 Å². The SMILES string of the molecule is CC(C)(CCC(=O)CCC(=O)CCC(C)(C)OP(N)(=O)O)OP(N)O. The maximum Gasteiger partial charge on any atom is 0.400 e. The molecule has 0 saturated carbocycles. The second kappa shape index (κ2) is 10.2. The van der Waals surface area contributed by atoms with Crippen molar-refractivity contribution in [2.45, 2.75) is 77.4 Å². The zero-order valence-corrected chi connectivity index (χ0v) is 17.0. The van der Waals surface area contributed by atoms with Gasteiger partial charge in [-0.2, -0.15) is 0 Å². The third-order valence-corrected chi connectivity index (χ3v) is 4.85. The van der Waals surface area contributed by atoms with Gasteiger partial charge in [0.2, 0.25) is 0 Å². The summed E-state index contributed by atoms with van der Waals surface area (Å²) >= 11 is 0. The molecule has 0 fully saturated rings. The van der Waals surface area contributed by atoms with E-state index in [-0.39, 0.29) is 43.7 Å². The molecule has 6 N–H and O–H groups in total. The molecular weight excluding hydrogens is 370 g/mol. The van der Waals surface area contributed by atoms with E-state index in [1.807, 2.05) is 0 Å². The van der Waals surface area contributed by atoms with Gasteiger partial charge in [-0.1, -0.05) is 0 Å². The first-order valence-corrected chi connectivity index (χ1v) is 10.8. The van der Waals surface area contributed by atoms with E-state index < -0.39 is 27.5 Å². The third-order valence-electron chi connectivity index (χ3n) is 3.41. The highest BCUT2D eigenvalue weighted by molar-refractivity contribution is 7.50. The summed E-state index contributed by atoms with van der Waals surface area (Å²) < 4.78 is 21.0. The second-order valence-corrected chi connectivity index (χ2v) is 9.24. The maximum atomic E-state index is 11.9. The second-order valence-electron chi connectivity index (χ2n) is 7.15. The van der Waals surface area contributed by atoms with E-state index in [4.69, 9.17) is 29.8 Å². The lowest BCUT2D eigenvalue weighted by atomic mass is 9.96. The van der Waals surface area contributed by atoms with Gasteiger partial charge in [0.25, 0.3) is 8.53 Å². The minimum absolute atomic E-state index is 0.0818. The van der Waals surface area contributed by atoms with Gasteiger partial charge in [-0.3, -0.25) is 19.6 Å². The highest BCUT2D eigenvalue weighted by atomic mass is 31.2. The Kier molecular flexibility index (Phi) is 10.1. The molecule has 0 spiro atoms. The lowest BCUT2D eigenvalue weighted by Crippen LogP contribution is -2.26. The van der Waals surface area contributed by atoms with Crippen molar-refractivity contribution in [1.29, 1.82) is 0 Å². The van der Waals surface area contributed by atoms with Gasteiger partial charge in [0, 0.05) is 25.7 Å². The maximum absolute atomic E-state index is 11.9. The number of hydrogen-bond acceptors (Lipinski definition) is 7. The molecular formula is C14H30N2O7P2. The predicted octanol–water partition coefficient (Wildman–Crippen LogP) is 2.29. The van der Waals surface area contributed by atoms with Crippen molar-refractivity contribution in [1.82, 2.24) is 0 Å². The molecule has 0 rings (SSSR count). The normalized spacial score (nSPS) is 16.3. The summed E-state index contributed by atoms with van der Waals surface area (Å²) in [6.07, 6.45) is 1.16. The average molecular weight is 400 g/mol. The Morgan fingerprint density at radius 1 is 1.00 bits per heavy atom. The van der Waals surface area contributed by atoms with E-state index in [9.17, 15) is 14.2 Å². The van der Waals surface area contributed by atoms with Crippen molar-refractivity contribution in [3.63, 3.8) is 0 Å². The Hall–Kier alpha value is -0.240. The molecule has 0 aliphatic carbocycles. The van der Waals surface area contributed by atoms with Crippen LogP contribution in [-0.4, -0.2) is 32.6 Å². The number of nitrogens with two attached hydrogens (primary N) is 2. The van der Waals surface area contributed by atoms with Crippen molar-refractivity contribution in [2.24, 2.45) is 11.0 Å². The molecule has 11 heteroatoms. The van der Waals surface area contributed by atoms with Crippen LogP contribution in [0.1, 0.15) is 66.2 Å². The number of ketones is 2. The van der Waals surface area contributed by atoms with Gasteiger partial charge in [0.1, 0.15) is 11.6 Å². The summed E-state index contributed by atoms with van der Waals surface area (Å²) in [6.45, 7) is 6.58. The minimum atomic E-state index is -4.12. The first-order valence-electron chi connectivity index (χ1n) is 7.90. The predicted molar refractivity (Wildman–Crippen MR) is 95.4 cm³/mol. The highest BCUT2D eigenvalue weighted by Gasteiger charge is 2.28. The van der Waals surface area contributed by atoms with Crippen LogP contribution in [0.5, 0.6) is 0 Å². The van der Waals surface area contributed by atoms with Gasteiger partial charge in [-0.15, -0.1) is 0 Å². The van der Waals surface area contributed by atoms with Crippen molar-refractivity contribution in [3.05, 3.63) is 0 Å². The zero-order chi connectivity index (χ0) is 19.9. The number of Topliss-reactive ketones (excluding diaryl/α,β-unsaturated/α-hetero) is 2. The topological polar surface area (TPSA) is 162 Å². The molecule has 0 heterocycles. The van der Waals surface area contributed by atoms with E-state index >= 15 is 0 Å². The quantitative estimate of drug-likeness (QED) is 0.340. The summed E-state index contributed by atoms with van der Waals surface area (Å²) in [5, 5.41) is 0. The van der Waals surface area contributed by atoms with Crippen LogP contribution in [-0.2, 0) is 23.2 Å². The Morgan fingerprint density at radius 3 is 1.76 bits per heavy atom. The summed E-state index contributed by atoms with van der Waals surface area (Å²) in [6, 6.07) is 0. The van der Waals surface area contributed by atoms with Crippen molar-refractivity contribution >= 4 is 27.8 Å². The molecule has 0 bridgehead atoms. The van der Waals surface area contributed by atoms with Crippen molar-refractivity contribution < 1.29 is 33.0 Å². The third kappa shape index (κ3) is 14.6. The van der Waals surface area contributed by atoms with Crippen LogP contribution in [0.2, 0.25) is 0 Å². The molecule has 0 radical (unpaired) electrons. The van der Waals surface area contributed by atoms with Crippen LogP contribution in [0.4, 0.5) is 0 Å².